The molecular formula is C24H21N3O6S. The van der Waals surface area contributed by atoms with Gasteiger partial charge in [-0.15, -0.1) is 0 Å². The molecule has 1 saturated heterocycles. The van der Waals surface area contributed by atoms with Crippen LogP contribution in [0.15, 0.2) is 59.6 Å². The molecule has 2 heterocycles. The van der Waals surface area contributed by atoms with Crippen LogP contribution in [0.1, 0.15) is 25.0 Å². The van der Waals surface area contributed by atoms with Gasteiger partial charge in [0.2, 0.25) is 0 Å². The van der Waals surface area contributed by atoms with Gasteiger partial charge < -0.3 is 9.30 Å². The Bertz CT molecular complexity index is 1350. The molecule has 2 amide bonds. The van der Waals surface area contributed by atoms with E-state index < -0.39 is 28.1 Å². The number of carbonyl (C=O) groups is 3. The number of ether oxygens (including phenoxy) is 1. The zero-order valence-corrected chi connectivity index (χ0v) is 19.3. The maximum Gasteiger partial charge on any atom is 0.329 e. The third-order valence-corrected chi connectivity index (χ3v) is 6.30. The topological polar surface area (TPSA) is 112 Å². The van der Waals surface area contributed by atoms with Gasteiger partial charge in [-0.3, -0.25) is 24.6 Å². The van der Waals surface area contributed by atoms with Crippen LogP contribution in [0.2, 0.25) is 0 Å². The number of nitro groups is 1. The number of fused-ring (bicyclic) bond motifs is 1. The number of imide groups is 1. The average molecular weight is 480 g/mol. The fourth-order valence-corrected chi connectivity index (χ4v) is 4.71. The minimum Gasteiger partial charge on any atom is -0.464 e. The van der Waals surface area contributed by atoms with Gasteiger partial charge in [0.25, 0.3) is 16.8 Å². The first-order valence-electron chi connectivity index (χ1n) is 10.5. The van der Waals surface area contributed by atoms with Crippen molar-refractivity contribution in [1.29, 1.82) is 0 Å². The summed E-state index contributed by atoms with van der Waals surface area (Å²) in [5, 5.41) is 11.5. The van der Waals surface area contributed by atoms with Gasteiger partial charge in [-0.25, -0.2) is 4.79 Å². The zero-order valence-electron chi connectivity index (χ0n) is 18.5. The Morgan fingerprint density at radius 2 is 1.97 bits per heavy atom. The second kappa shape index (κ2) is 9.52. The quantitative estimate of drug-likeness (QED) is 0.211. The van der Waals surface area contributed by atoms with Crippen molar-refractivity contribution in [2.75, 3.05) is 6.61 Å². The number of nitrogens with zero attached hydrogens (tertiary/aromatic N) is 3. The van der Waals surface area contributed by atoms with Gasteiger partial charge in [-0.1, -0.05) is 30.3 Å². The highest BCUT2D eigenvalue weighted by Gasteiger charge is 2.41. The number of benzene rings is 2. The van der Waals surface area contributed by atoms with E-state index in [1.807, 2.05) is 41.1 Å². The lowest BCUT2D eigenvalue weighted by molar-refractivity contribution is -0.384. The van der Waals surface area contributed by atoms with Crippen LogP contribution in [0.4, 0.5) is 10.5 Å². The van der Waals surface area contributed by atoms with Crippen molar-refractivity contribution < 1.29 is 24.0 Å². The number of amides is 2. The smallest absolute Gasteiger partial charge is 0.329 e. The molecule has 0 spiro atoms. The molecule has 0 unspecified atom stereocenters. The van der Waals surface area contributed by atoms with E-state index in [1.165, 1.54) is 19.1 Å². The lowest BCUT2D eigenvalue weighted by Gasteiger charge is -2.19. The molecule has 10 heteroatoms. The molecule has 4 rings (SSSR count). The number of non-ortho nitro benzene ring substituents is 1. The van der Waals surface area contributed by atoms with Crippen LogP contribution in [0.25, 0.3) is 17.0 Å². The van der Waals surface area contributed by atoms with Crippen molar-refractivity contribution in [3.8, 4) is 0 Å². The first-order valence-corrected chi connectivity index (χ1v) is 11.4. The number of rotatable bonds is 7. The van der Waals surface area contributed by atoms with E-state index >= 15 is 0 Å². The largest absolute Gasteiger partial charge is 0.464 e. The molecule has 0 N–H and O–H groups in total. The van der Waals surface area contributed by atoms with E-state index in [2.05, 4.69) is 0 Å². The average Bonchev–Trinajstić information content (AvgIpc) is 3.30. The van der Waals surface area contributed by atoms with Crippen molar-refractivity contribution in [1.82, 2.24) is 9.47 Å². The van der Waals surface area contributed by atoms with E-state index in [-0.39, 0.29) is 17.2 Å². The second-order valence-electron chi connectivity index (χ2n) is 7.64. The molecule has 1 aliphatic heterocycles. The fourth-order valence-electron chi connectivity index (χ4n) is 3.81. The molecule has 3 aromatic rings. The number of nitro benzene ring substituents is 1. The van der Waals surface area contributed by atoms with Crippen molar-refractivity contribution in [3.05, 3.63) is 80.9 Å². The van der Waals surface area contributed by atoms with Crippen LogP contribution in [-0.4, -0.2) is 44.2 Å². The summed E-state index contributed by atoms with van der Waals surface area (Å²) in [4.78, 5) is 49.3. The second-order valence-corrected chi connectivity index (χ2v) is 8.63. The predicted molar refractivity (Wildman–Crippen MR) is 128 cm³/mol. The van der Waals surface area contributed by atoms with Gasteiger partial charge in [0, 0.05) is 41.3 Å². The van der Waals surface area contributed by atoms with Crippen LogP contribution in [0.3, 0.4) is 0 Å². The number of hydrogen-bond donors (Lipinski definition) is 0. The van der Waals surface area contributed by atoms with Crippen LogP contribution in [-0.2, 0) is 20.9 Å². The highest BCUT2D eigenvalue weighted by molar-refractivity contribution is 8.18. The summed E-state index contributed by atoms with van der Waals surface area (Å²) in [5.41, 5.74) is 2.36. The number of aromatic nitrogens is 1. The Morgan fingerprint density at radius 1 is 1.21 bits per heavy atom. The maximum atomic E-state index is 12.9. The van der Waals surface area contributed by atoms with Gasteiger partial charge in [0.1, 0.15) is 6.04 Å². The SMILES string of the molecule is CCOC(=O)[C@H](C)N1C(=O)S/C(=C/c2cn(Cc3cccc([N+](=O)[O-])c3)c3ccccc23)C1=O. The molecule has 34 heavy (non-hydrogen) atoms. The Hall–Kier alpha value is -3.92. The van der Waals surface area contributed by atoms with Gasteiger partial charge in [-0.2, -0.15) is 0 Å². The highest BCUT2D eigenvalue weighted by atomic mass is 32.2. The Balaban J connectivity index is 1.67. The summed E-state index contributed by atoms with van der Waals surface area (Å²) in [7, 11) is 0. The van der Waals surface area contributed by atoms with Crippen LogP contribution in [0.5, 0.6) is 0 Å². The normalized spacial score (nSPS) is 15.8. The lowest BCUT2D eigenvalue weighted by atomic mass is 10.1. The van der Waals surface area contributed by atoms with Crippen molar-refractivity contribution in [2.45, 2.75) is 26.4 Å². The number of thioether (sulfide) groups is 1. The van der Waals surface area contributed by atoms with Crippen LogP contribution in [0, 0.1) is 10.1 Å². The first kappa shape index (κ1) is 23.2. The molecule has 0 radical (unpaired) electrons. The molecule has 0 saturated carbocycles. The van der Waals surface area contributed by atoms with E-state index in [4.69, 9.17) is 4.74 Å². The first-order chi connectivity index (χ1) is 16.3. The molecule has 2 aromatic carbocycles. The van der Waals surface area contributed by atoms with E-state index in [0.717, 1.165) is 38.7 Å². The predicted octanol–water partition coefficient (Wildman–Crippen LogP) is 4.59. The monoisotopic (exact) mass is 479 g/mol. The molecule has 0 bridgehead atoms. The molecule has 9 nitrogen and oxygen atoms in total. The van der Waals surface area contributed by atoms with Gasteiger partial charge in [-0.05, 0) is 43.3 Å². The maximum absolute atomic E-state index is 12.9. The number of para-hydroxylation sites is 1. The molecule has 1 aromatic heterocycles. The Labute approximate surface area is 199 Å². The minimum atomic E-state index is -1.02. The van der Waals surface area contributed by atoms with Gasteiger partial charge >= 0.3 is 5.97 Å². The van der Waals surface area contributed by atoms with Crippen molar-refractivity contribution in [2.24, 2.45) is 0 Å². The summed E-state index contributed by atoms with van der Waals surface area (Å²) in [6.07, 6.45) is 3.47. The number of esters is 1. The van der Waals surface area contributed by atoms with Crippen LogP contribution < -0.4 is 0 Å². The summed E-state index contributed by atoms with van der Waals surface area (Å²) in [5.74, 6) is -1.19. The minimum absolute atomic E-state index is 0.0126. The third kappa shape index (κ3) is 4.44. The molecule has 0 aliphatic carbocycles. The number of carbonyl (C=O) groups excluding carboxylic acids is 3. The summed E-state index contributed by atoms with van der Waals surface area (Å²) < 4.78 is 6.88. The summed E-state index contributed by atoms with van der Waals surface area (Å²) in [6, 6.07) is 13.0. The van der Waals surface area contributed by atoms with E-state index in [9.17, 15) is 24.5 Å². The lowest BCUT2D eigenvalue weighted by Crippen LogP contribution is -2.42. The van der Waals surface area contributed by atoms with E-state index in [1.54, 1.807) is 19.1 Å². The standard InChI is InChI=1S/C24H21N3O6S/c1-3-33-23(29)15(2)26-22(28)21(34-24(26)30)12-17-14-25(20-10-5-4-9-19(17)20)13-16-7-6-8-18(11-16)27(31)32/h4-12,14-15H,3,13H2,1-2H3/b21-12+/t15-/m0/s1. The van der Waals surface area contributed by atoms with Gasteiger partial charge in [0.15, 0.2) is 0 Å². The molecule has 1 aliphatic rings. The molecule has 174 valence electrons. The molecule has 1 atom stereocenters. The zero-order chi connectivity index (χ0) is 24.4. The Kier molecular flexibility index (Phi) is 6.51. The summed E-state index contributed by atoms with van der Waals surface area (Å²) >= 11 is 0.774. The van der Waals surface area contributed by atoms with Crippen molar-refractivity contribution in [3.63, 3.8) is 0 Å². The fraction of sp³-hybridized carbons (Fsp3) is 0.208. The third-order valence-electron chi connectivity index (χ3n) is 5.42. The summed E-state index contributed by atoms with van der Waals surface area (Å²) in [6.45, 7) is 3.65. The molecule has 1 fully saturated rings. The number of hydrogen-bond acceptors (Lipinski definition) is 7. The van der Waals surface area contributed by atoms with Gasteiger partial charge in [0.05, 0.1) is 16.4 Å². The van der Waals surface area contributed by atoms with Crippen molar-refractivity contribution >= 4 is 51.5 Å². The van der Waals surface area contributed by atoms with E-state index in [0.29, 0.717) is 6.54 Å². The highest BCUT2D eigenvalue weighted by Crippen LogP contribution is 2.35. The van der Waals surface area contributed by atoms with Crippen LogP contribution >= 0.6 is 11.8 Å². The molecular weight excluding hydrogens is 458 g/mol. The Morgan fingerprint density at radius 3 is 2.71 bits per heavy atom.